The van der Waals surface area contributed by atoms with E-state index in [1.165, 1.54) is 0 Å². The molecule has 1 saturated heterocycles. The van der Waals surface area contributed by atoms with Crippen LogP contribution in [-0.2, 0) is 6.54 Å². The molecule has 7 nitrogen and oxygen atoms in total. The van der Waals surface area contributed by atoms with Crippen molar-refractivity contribution in [3.63, 3.8) is 0 Å². The number of carboxylic acid groups (broad SMARTS) is 1. The molecule has 3 aromatic heterocycles. The fourth-order valence-electron chi connectivity index (χ4n) is 4.84. The van der Waals surface area contributed by atoms with Gasteiger partial charge in [0.05, 0.1) is 23.3 Å². The highest BCUT2D eigenvalue weighted by atomic mass is 32.1. The quantitative estimate of drug-likeness (QED) is 0.383. The van der Waals surface area contributed by atoms with Crippen molar-refractivity contribution in [2.45, 2.75) is 32.5 Å². The van der Waals surface area contributed by atoms with E-state index in [9.17, 15) is 9.90 Å². The van der Waals surface area contributed by atoms with Crippen LogP contribution in [0, 0.1) is 13.8 Å². The van der Waals surface area contributed by atoms with Gasteiger partial charge in [-0.25, -0.2) is 4.79 Å². The van der Waals surface area contributed by atoms with E-state index in [-0.39, 0.29) is 17.6 Å². The Kier molecular flexibility index (Phi) is 6.05. The highest BCUT2D eigenvalue weighted by Gasteiger charge is 2.41. The average Bonchev–Trinajstić information content (AvgIpc) is 3.35. The van der Waals surface area contributed by atoms with E-state index in [4.69, 9.17) is 12.2 Å². The van der Waals surface area contributed by atoms with Crippen molar-refractivity contribution in [2.24, 2.45) is 0 Å². The number of carboxylic acids is 1. The maximum absolute atomic E-state index is 11.3. The third-order valence-electron chi connectivity index (χ3n) is 6.43. The number of aromatic nitrogens is 3. The van der Waals surface area contributed by atoms with Crippen LogP contribution in [0.25, 0.3) is 5.69 Å². The molecule has 1 aromatic carbocycles. The molecule has 1 aliphatic heterocycles. The summed E-state index contributed by atoms with van der Waals surface area (Å²) in [6, 6.07) is 18.8. The van der Waals surface area contributed by atoms with Gasteiger partial charge in [-0.1, -0.05) is 12.1 Å². The molecule has 4 heterocycles. The molecule has 0 radical (unpaired) electrons. The van der Waals surface area contributed by atoms with Gasteiger partial charge in [-0.3, -0.25) is 9.97 Å². The Morgan fingerprint density at radius 1 is 1.09 bits per heavy atom. The molecule has 0 amide bonds. The Balaban J connectivity index is 1.60. The predicted octanol–water partition coefficient (Wildman–Crippen LogP) is 4.76. The Morgan fingerprint density at radius 2 is 1.89 bits per heavy atom. The third kappa shape index (κ3) is 4.28. The number of aromatic carboxylic acids is 1. The van der Waals surface area contributed by atoms with Crippen LogP contribution < -0.4 is 5.32 Å². The first kappa shape index (κ1) is 22.7. The van der Waals surface area contributed by atoms with E-state index >= 15 is 0 Å². The number of thiocarbonyl (C=S) groups is 1. The number of nitrogens with zero attached hydrogens (tertiary/aromatic N) is 4. The van der Waals surface area contributed by atoms with Gasteiger partial charge in [0.25, 0.3) is 0 Å². The Morgan fingerprint density at radius 3 is 2.54 bits per heavy atom. The summed E-state index contributed by atoms with van der Waals surface area (Å²) in [5.74, 6) is -0.937. The van der Waals surface area contributed by atoms with Gasteiger partial charge >= 0.3 is 5.97 Å². The van der Waals surface area contributed by atoms with Crippen molar-refractivity contribution in [2.75, 3.05) is 0 Å². The van der Waals surface area contributed by atoms with Crippen LogP contribution in [-0.4, -0.2) is 35.6 Å². The van der Waals surface area contributed by atoms with Crippen molar-refractivity contribution in [1.29, 1.82) is 0 Å². The van der Waals surface area contributed by atoms with Gasteiger partial charge in [0.1, 0.15) is 0 Å². The minimum absolute atomic E-state index is 0.0872. The minimum Gasteiger partial charge on any atom is -0.478 e. The summed E-state index contributed by atoms with van der Waals surface area (Å²) in [6.07, 6.45) is 5.43. The van der Waals surface area contributed by atoms with Crippen LogP contribution in [0.5, 0.6) is 0 Å². The summed E-state index contributed by atoms with van der Waals surface area (Å²) in [6.45, 7) is 4.76. The second-order valence-electron chi connectivity index (χ2n) is 8.63. The lowest BCUT2D eigenvalue weighted by molar-refractivity contribution is 0.0697. The first-order chi connectivity index (χ1) is 16.9. The van der Waals surface area contributed by atoms with Crippen LogP contribution in [0.1, 0.15) is 50.7 Å². The lowest BCUT2D eigenvalue weighted by atomic mass is 9.96. The number of nitrogens with one attached hydrogen (secondary N) is 1. The molecule has 1 fully saturated rings. The van der Waals surface area contributed by atoms with Crippen molar-refractivity contribution >= 4 is 23.3 Å². The van der Waals surface area contributed by atoms with Crippen LogP contribution in [0.3, 0.4) is 0 Å². The van der Waals surface area contributed by atoms with Gasteiger partial charge in [-0.2, -0.15) is 0 Å². The number of hydrogen-bond acceptors (Lipinski definition) is 4. The first-order valence-electron chi connectivity index (χ1n) is 11.3. The van der Waals surface area contributed by atoms with Crippen LogP contribution in [0.15, 0.2) is 79.3 Å². The molecule has 1 aliphatic rings. The van der Waals surface area contributed by atoms with Crippen LogP contribution in [0.2, 0.25) is 0 Å². The molecule has 35 heavy (non-hydrogen) atoms. The fraction of sp³-hybridized carbons (Fsp3) is 0.185. The molecule has 0 saturated carbocycles. The summed E-state index contributed by atoms with van der Waals surface area (Å²) >= 11 is 5.81. The number of rotatable bonds is 6. The standard InChI is InChI=1S/C27H25N5O2S/c1-17-14-22(18(2)32(17)21-10-8-20(9-11-21)26(33)34)25-24(23-7-3-4-13-29-23)30-27(35)31(25)16-19-6-5-12-28-15-19/h3-15,24-25H,16H2,1-2H3,(H,30,35)(H,33,34)/t24-,25-/m1/s1. The van der Waals surface area contributed by atoms with Gasteiger partial charge in [-0.05, 0) is 85.7 Å². The van der Waals surface area contributed by atoms with Gasteiger partial charge in [0, 0.05) is 42.2 Å². The van der Waals surface area contributed by atoms with Crippen molar-refractivity contribution < 1.29 is 9.90 Å². The summed E-state index contributed by atoms with van der Waals surface area (Å²) in [5.41, 5.74) is 6.43. The maximum atomic E-state index is 11.3. The average molecular weight is 484 g/mol. The zero-order valence-corrected chi connectivity index (χ0v) is 20.2. The SMILES string of the molecule is Cc1cc([C@@H]2[C@@H](c3ccccn3)NC(=S)N2Cc2cccnc2)c(C)n1-c1ccc(C(=O)O)cc1. The number of carbonyl (C=O) groups is 1. The number of hydrogen-bond donors (Lipinski definition) is 2. The molecule has 0 bridgehead atoms. The molecule has 5 rings (SSSR count). The zero-order chi connectivity index (χ0) is 24.5. The second-order valence-corrected chi connectivity index (χ2v) is 9.02. The molecule has 8 heteroatoms. The molecular formula is C27H25N5O2S. The van der Waals surface area contributed by atoms with Crippen molar-refractivity contribution in [3.8, 4) is 5.69 Å². The summed E-state index contributed by atoms with van der Waals surface area (Å²) in [5, 5.41) is 13.4. The van der Waals surface area contributed by atoms with E-state index in [1.807, 2.05) is 48.7 Å². The first-order valence-corrected chi connectivity index (χ1v) is 11.7. The molecule has 0 unspecified atom stereocenters. The summed E-state index contributed by atoms with van der Waals surface area (Å²) in [4.78, 5) is 22.4. The lowest BCUT2D eigenvalue weighted by Crippen LogP contribution is -2.29. The maximum Gasteiger partial charge on any atom is 0.335 e. The van der Waals surface area contributed by atoms with Crippen molar-refractivity contribution in [1.82, 2.24) is 24.8 Å². The highest BCUT2D eigenvalue weighted by molar-refractivity contribution is 7.80. The number of pyridine rings is 2. The molecule has 0 spiro atoms. The zero-order valence-electron chi connectivity index (χ0n) is 19.4. The topological polar surface area (TPSA) is 83.3 Å². The molecule has 176 valence electrons. The molecular weight excluding hydrogens is 458 g/mol. The lowest BCUT2D eigenvalue weighted by Gasteiger charge is -2.28. The van der Waals surface area contributed by atoms with E-state index < -0.39 is 5.97 Å². The van der Waals surface area contributed by atoms with E-state index in [0.717, 1.165) is 33.9 Å². The number of aryl methyl sites for hydroxylation is 1. The van der Waals surface area contributed by atoms with Crippen LogP contribution in [0.4, 0.5) is 0 Å². The monoisotopic (exact) mass is 483 g/mol. The molecule has 4 aromatic rings. The van der Waals surface area contributed by atoms with Gasteiger partial charge in [0.15, 0.2) is 5.11 Å². The normalized spacial score (nSPS) is 17.4. The number of benzene rings is 1. The fourth-order valence-corrected chi connectivity index (χ4v) is 5.15. The van der Waals surface area contributed by atoms with Gasteiger partial charge in [-0.15, -0.1) is 0 Å². The Hall–Kier alpha value is -4.04. The minimum atomic E-state index is -0.937. The summed E-state index contributed by atoms with van der Waals surface area (Å²) in [7, 11) is 0. The predicted molar refractivity (Wildman–Crippen MR) is 137 cm³/mol. The van der Waals surface area contributed by atoms with Gasteiger partial charge < -0.3 is 19.9 Å². The highest BCUT2D eigenvalue weighted by Crippen LogP contribution is 2.42. The Bertz CT molecular complexity index is 1370. The van der Waals surface area contributed by atoms with E-state index in [2.05, 4.69) is 44.7 Å². The second kappa shape index (κ2) is 9.31. The molecule has 0 aliphatic carbocycles. The smallest absolute Gasteiger partial charge is 0.335 e. The third-order valence-corrected chi connectivity index (χ3v) is 6.79. The molecule has 2 atom stereocenters. The van der Waals surface area contributed by atoms with E-state index in [0.29, 0.717) is 11.7 Å². The molecule has 2 N–H and O–H groups in total. The summed E-state index contributed by atoms with van der Waals surface area (Å²) < 4.78 is 2.15. The Labute approximate surface area is 209 Å². The van der Waals surface area contributed by atoms with Crippen LogP contribution >= 0.6 is 12.2 Å². The largest absolute Gasteiger partial charge is 0.478 e. The van der Waals surface area contributed by atoms with Crippen molar-refractivity contribution in [3.05, 3.63) is 113 Å². The van der Waals surface area contributed by atoms with Gasteiger partial charge in [0.2, 0.25) is 0 Å². The van der Waals surface area contributed by atoms with E-state index in [1.54, 1.807) is 24.5 Å².